The quantitative estimate of drug-likeness (QED) is 0.262. The molecule has 4 atom stereocenters. The number of rotatable bonds is 7. The Morgan fingerprint density at radius 2 is 0.871 bits per heavy atom. The summed E-state index contributed by atoms with van der Waals surface area (Å²) in [6.07, 6.45) is 15.9. The van der Waals surface area contributed by atoms with Crippen LogP contribution in [0.4, 0.5) is 0 Å². The molecule has 0 aromatic carbocycles. The molecule has 70 heavy (non-hydrogen) atoms. The van der Waals surface area contributed by atoms with E-state index in [2.05, 4.69) is 117 Å². The summed E-state index contributed by atoms with van der Waals surface area (Å²) in [5.41, 5.74) is 0. The molecule has 0 aromatic heterocycles. The van der Waals surface area contributed by atoms with Crippen molar-refractivity contribution in [1.82, 2.24) is 20.4 Å². The van der Waals surface area contributed by atoms with Gasteiger partial charge in [0, 0.05) is 50.5 Å². The van der Waals surface area contributed by atoms with E-state index >= 15 is 0 Å². The lowest BCUT2D eigenvalue weighted by atomic mass is 9.95. The fraction of sp³-hybridized carbons (Fsp3) is 1.00. The van der Waals surface area contributed by atoms with E-state index in [4.69, 9.17) is 18.9 Å². The summed E-state index contributed by atoms with van der Waals surface area (Å²) in [5.74, 6) is 5.92. The Kier molecular flexibility index (Phi) is 77.4. The average Bonchev–Trinajstić information content (AvgIpc) is 4.26. The van der Waals surface area contributed by atoms with Crippen LogP contribution in [0.2, 0.25) is 0 Å². The maximum absolute atomic E-state index is 5.41. The fourth-order valence-corrected chi connectivity index (χ4v) is 8.04. The third kappa shape index (κ3) is 51.2. The average molecular weight is 1010 g/mol. The minimum Gasteiger partial charge on any atom is -0.381 e. The van der Waals surface area contributed by atoms with Crippen molar-refractivity contribution < 1.29 is 18.9 Å². The van der Waals surface area contributed by atoms with Gasteiger partial charge in [-0.15, -0.1) is 0 Å². The SMILES string of the molecule is CC.CC.CC.CC.CC.CC.CC.CC(C)C1CCCC1.CC(C)C1CCCN1.CC(C)C1CCCO1.CC(C)C1CCOC1.CC(C)C1COCN1.CC(C)N1CCCC1.CC(C)N1CCOC1. The largest absolute Gasteiger partial charge is 0.381 e. The van der Waals surface area contributed by atoms with Gasteiger partial charge in [-0.3, -0.25) is 10.2 Å². The summed E-state index contributed by atoms with van der Waals surface area (Å²) in [6, 6.07) is 2.83. The van der Waals surface area contributed by atoms with Crippen molar-refractivity contribution in [2.24, 2.45) is 41.4 Å². The van der Waals surface area contributed by atoms with Gasteiger partial charge in [0.2, 0.25) is 0 Å². The highest BCUT2D eigenvalue weighted by atomic mass is 16.5. The van der Waals surface area contributed by atoms with Crippen molar-refractivity contribution in [2.75, 3.05) is 72.7 Å². The lowest BCUT2D eigenvalue weighted by Gasteiger charge is -2.18. The third-order valence-corrected chi connectivity index (χ3v) is 12.8. The van der Waals surface area contributed by atoms with Crippen molar-refractivity contribution in [3.05, 3.63) is 0 Å². The van der Waals surface area contributed by atoms with Crippen molar-refractivity contribution in [3.63, 3.8) is 0 Å². The number of nitrogens with one attached hydrogen (secondary N) is 2. The Balaban J connectivity index is -0.000000127. The standard InChI is InChI=1S/C8H16.2C7H15N.2C7H14O.2C6H13NO.7C2H6/c2*1-7(2)8-5-3-4-6-8;1-6(2)7-4-3-5-8-7;1-6(2)7-3-4-8-5-7;1-6(2)7-4-3-5-8-7;1-5(2)6-3-8-4-7-6;1-6(2)7-3-4-8-5-7;7*1-2/h7-8H,3-6H2,1-2H3;7H,3-6H2,1-2H3;6-8H,3-5H2,1-2H3;2*6-7H,3-5H2,1-2H3;5-7H,3-4H2,1-2H3;6H,3-5H2,1-2H3;7*1-2H3. The summed E-state index contributed by atoms with van der Waals surface area (Å²) < 4.78 is 20.9. The number of likely N-dealkylation sites (tertiary alicyclic amines) is 1. The van der Waals surface area contributed by atoms with Gasteiger partial charge in [-0.2, -0.15) is 0 Å². The number of hydrogen-bond acceptors (Lipinski definition) is 8. The van der Waals surface area contributed by atoms with Crippen LogP contribution in [0.5, 0.6) is 0 Å². The maximum Gasteiger partial charge on any atom is 0.0993 e. The van der Waals surface area contributed by atoms with Crippen molar-refractivity contribution in [1.29, 1.82) is 0 Å². The minimum absolute atomic E-state index is 0.565. The van der Waals surface area contributed by atoms with E-state index in [9.17, 15) is 0 Å². The second-order valence-electron chi connectivity index (χ2n) is 19.7. The van der Waals surface area contributed by atoms with Crippen LogP contribution in [0.25, 0.3) is 0 Å². The molecule has 7 rings (SSSR count). The molecule has 8 nitrogen and oxygen atoms in total. The molecule has 434 valence electrons. The molecule has 7 fully saturated rings. The molecule has 6 saturated heterocycles. The molecule has 0 bridgehead atoms. The topological polar surface area (TPSA) is 67.5 Å². The predicted molar refractivity (Wildman–Crippen MR) is 321 cm³/mol. The molecular formula is C62H142N4O4. The van der Waals surface area contributed by atoms with E-state index in [1.54, 1.807) is 0 Å². The Morgan fingerprint density at radius 1 is 0.371 bits per heavy atom. The van der Waals surface area contributed by atoms with Gasteiger partial charge >= 0.3 is 0 Å². The van der Waals surface area contributed by atoms with Gasteiger partial charge in [0.15, 0.2) is 0 Å². The van der Waals surface area contributed by atoms with Gasteiger partial charge in [-0.25, -0.2) is 0 Å². The van der Waals surface area contributed by atoms with Crippen molar-refractivity contribution in [2.45, 2.75) is 295 Å². The number of ether oxygens (including phenoxy) is 4. The van der Waals surface area contributed by atoms with Gasteiger partial charge in [0.1, 0.15) is 0 Å². The minimum atomic E-state index is 0.565. The van der Waals surface area contributed by atoms with Crippen LogP contribution in [0.3, 0.4) is 0 Å². The predicted octanol–water partition coefficient (Wildman–Crippen LogP) is 17.7. The van der Waals surface area contributed by atoms with Crippen LogP contribution < -0.4 is 10.6 Å². The van der Waals surface area contributed by atoms with Crippen molar-refractivity contribution in [3.8, 4) is 0 Å². The summed E-state index contributed by atoms with van der Waals surface area (Å²) in [5, 5.41) is 6.69. The van der Waals surface area contributed by atoms with Crippen LogP contribution in [-0.4, -0.2) is 113 Å². The first-order valence-electron chi connectivity index (χ1n) is 30.9. The molecule has 2 N–H and O–H groups in total. The molecule has 0 radical (unpaired) electrons. The lowest BCUT2D eigenvalue weighted by Crippen LogP contribution is -2.28. The summed E-state index contributed by atoms with van der Waals surface area (Å²) in [4.78, 5) is 4.83. The van der Waals surface area contributed by atoms with Crippen molar-refractivity contribution >= 4 is 0 Å². The smallest absolute Gasteiger partial charge is 0.0993 e. The molecule has 0 amide bonds. The zero-order valence-electron chi connectivity index (χ0n) is 54.0. The van der Waals surface area contributed by atoms with Gasteiger partial charge in [0.05, 0.1) is 32.8 Å². The number of nitrogens with zero attached hydrogens (tertiary/aromatic N) is 2. The van der Waals surface area contributed by atoms with E-state index in [1.165, 1.54) is 90.3 Å². The zero-order valence-corrected chi connectivity index (χ0v) is 54.0. The first-order valence-corrected chi connectivity index (χ1v) is 30.9. The molecule has 1 saturated carbocycles. The monoisotopic (exact) mass is 1010 g/mol. The number of hydrogen-bond donors (Lipinski definition) is 2. The van der Waals surface area contributed by atoms with Crippen LogP contribution >= 0.6 is 0 Å². The van der Waals surface area contributed by atoms with E-state index in [0.29, 0.717) is 24.1 Å². The van der Waals surface area contributed by atoms with E-state index < -0.39 is 0 Å². The third-order valence-electron chi connectivity index (χ3n) is 12.8. The van der Waals surface area contributed by atoms with E-state index in [1.807, 2.05) is 96.9 Å². The molecule has 6 heterocycles. The molecule has 8 heteroatoms. The normalized spacial score (nSPS) is 22.0. The second-order valence-corrected chi connectivity index (χ2v) is 19.7. The van der Waals surface area contributed by atoms with Gasteiger partial charge in [-0.1, -0.05) is 192 Å². The van der Waals surface area contributed by atoms with E-state index in [0.717, 1.165) is 101 Å². The Hall–Kier alpha value is -0.320. The van der Waals surface area contributed by atoms with Crippen LogP contribution in [0.15, 0.2) is 0 Å². The fourth-order valence-electron chi connectivity index (χ4n) is 8.04. The Bertz CT molecular complexity index is 649. The van der Waals surface area contributed by atoms with Crippen LogP contribution in [0, 0.1) is 41.4 Å². The highest BCUT2D eigenvalue weighted by Crippen LogP contribution is 2.30. The summed E-state index contributed by atoms with van der Waals surface area (Å²) in [6.45, 7) is 70.9. The zero-order chi connectivity index (χ0) is 55.9. The molecular weight excluding hydrogens is 865 g/mol. The van der Waals surface area contributed by atoms with Gasteiger partial charge in [-0.05, 0) is 134 Å². The Morgan fingerprint density at radius 3 is 1.07 bits per heavy atom. The second kappa shape index (κ2) is 64.8. The highest BCUT2D eigenvalue weighted by Gasteiger charge is 2.21. The Labute approximate surface area is 446 Å². The van der Waals surface area contributed by atoms with Crippen LogP contribution in [-0.2, 0) is 18.9 Å². The highest BCUT2D eigenvalue weighted by molar-refractivity contribution is 4.76. The van der Waals surface area contributed by atoms with Crippen LogP contribution in [0.1, 0.15) is 264 Å². The molecule has 0 spiro atoms. The first-order chi connectivity index (χ1) is 33.6. The molecule has 1 aliphatic carbocycles. The molecule has 6 aliphatic heterocycles. The lowest BCUT2D eigenvalue weighted by molar-refractivity contribution is 0.0758. The maximum atomic E-state index is 5.41. The molecule has 0 aromatic rings. The van der Waals surface area contributed by atoms with E-state index in [-0.39, 0.29) is 0 Å². The molecule has 7 aliphatic rings. The summed E-state index contributed by atoms with van der Waals surface area (Å²) in [7, 11) is 0. The van der Waals surface area contributed by atoms with Gasteiger partial charge < -0.3 is 29.2 Å². The first kappa shape index (κ1) is 83.7. The molecule has 4 unspecified atom stereocenters. The van der Waals surface area contributed by atoms with Gasteiger partial charge in [0.25, 0.3) is 0 Å². The summed E-state index contributed by atoms with van der Waals surface area (Å²) >= 11 is 0.